The molecule has 4 heteroatoms. The van der Waals surface area contributed by atoms with E-state index in [1.807, 2.05) is 12.1 Å². The molecule has 0 aliphatic rings. The first-order valence-electron chi connectivity index (χ1n) is 5.45. The second-order valence-electron chi connectivity index (χ2n) is 3.67. The molecule has 0 saturated carbocycles. The van der Waals surface area contributed by atoms with E-state index >= 15 is 0 Å². The molecule has 0 aliphatic heterocycles. The summed E-state index contributed by atoms with van der Waals surface area (Å²) >= 11 is 3.44. The number of halogens is 1. The molecule has 0 atom stereocenters. The van der Waals surface area contributed by atoms with E-state index in [0.29, 0.717) is 13.1 Å². The molecule has 1 aromatic rings. The lowest BCUT2D eigenvalue weighted by Gasteiger charge is -2.19. The van der Waals surface area contributed by atoms with Crippen LogP contribution in [0.25, 0.3) is 0 Å². The molecule has 2 N–H and O–H groups in total. The van der Waals surface area contributed by atoms with E-state index in [1.165, 1.54) is 5.56 Å². The average Bonchev–Trinajstić information content (AvgIpc) is 2.27. The minimum absolute atomic E-state index is 0.137. The van der Waals surface area contributed by atoms with Crippen molar-refractivity contribution in [3.05, 3.63) is 34.3 Å². The molecule has 0 aliphatic carbocycles. The maximum atomic E-state index is 8.87. The predicted molar refractivity (Wildman–Crippen MR) is 68.5 cm³/mol. The van der Waals surface area contributed by atoms with Crippen molar-refractivity contribution in [2.24, 2.45) is 0 Å². The molecule has 3 nitrogen and oxygen atoms in total. The highest BCUT2D eigenvalue weighted by Crippen LogP contribution is 2.12. The number of benzene rings is 1. The van der Waals surface area contributed by atoms with Gasteiger partial charge in [0.15, 0.2) is 0 Å². The zero-order valence-corrected chi connectivity index (χ0v) is 10.9. The van der Waals surface area contributed by atoms with Crippen LogP contribution in [-0.4, -0.2) is 48.0 Å². The zero-order chi connectivity index (χ0) is 11.8. The standard InChI is InChI=1S/C12H18BrNO2/c13-12-3-1-2-11(10-12)4-5-14(6-8-15)7-9-16/h1-3,10,15-16H,4-9H2. The van der Waals surface area contributed by atoms with Crippen molar-refractivity contribution in [2.75, 3.05) is 32.8 Å². The maximum absolute atomic E-state index is 8.87. The van der Waals surface area contributed by atoms with E-state index in [4.69, 9.17) is 10.2 Å². The van der Waals surface area contributed by atoms with Crippen LogP contribution < -0.4 is 0 Å². The molecule has 0 radical (unpaired) electrons. The molecule has 0 bridgehead atoms. The van der Waals surface area contributed by atoms with E-state index < -0.39 is 0 Å². The molecule has 1 aromatic carbocycles. The lowest BCUT2D eigenvalue weighted by molar-refractivity contribution is 0.162. The number of nitrogens with zero attached hydrogens (tertiary/aromatic N) is 1. The third kappa shape index (κ3) is 5.07. The monoisotopic (exact) mass is 287 g/mol. The summed E-state index contributed by atoms with van der Waals surface area (Å²) in [6.45, 7) is 2.37. The molecule has 16 heavy (non-hydrogen) atoms. The molecule has 0 unspecified atom stereocenters. The highest BCUT2D eigenvalue weighted by atomic mass is 79.9. The van der Waals surface area contributed by atoms with Gasteiger partial charge in [0, 0.05) is 24.1 Å². The Morgan fingerprint density at radius 3 is 2.31 bits per heavy atom. The van der Waals surface area contributed by atoms with Crippen LogP contribution in [0.2, 0.25) is 0 Å². The Labute approximate surface area is 105 Å². The number of hydrogen-bond donors (Lipinski definition) is 2. The Bertz CT molecular complexity index is 301. The van der Waals surface area contributed by atoms with Gasteiger partial charge in [-0.1, -0.05) is 28.1 Å². The molecule has 0 amide bonds. The normalized spacial score (nSPS) is 11.0. The molecule has 1 rings (SSSR count). The van der Waals surface area contributed by atoms with Crippen LogP contribution in [-0.2, 0) is 6.42 Å². The highest BCUT2D eigenvalue weighted by molar-refractivity contribution is 9.10. The van der Waals surface area contributed by atoms with Gasteiger partial charge in [0.05, 0.1) is 13.2 Å². The van der Waals surface area contributed by atoms with Crippen LogP contribution in [0.15, 0.2) is 28.7 Å². The van der Waals surface area contributed by atoms with Gasteiger partial charge >= 0.3 is 0 Å². The van der Waals surface area contributed by atoms with Gasteiger partial charge in [-0.05, 0) is 24.1 Å². The van der Waals surface area contributed by atoms with Crippen molar-refractivity contribution in [1.82, 2.24) is 4.90 Å². The topological polar surface area (TPSA) is 43.7 Å². The molecule has 0 heterocycles. The number of aliphatic hydroxyl groups is 2. The largest absolute Gasteiger partial charge is 0.395 e. The summed E-state index contributed by atoms with van der Waals surface area (Å²) in [6, 6.07) is 8.20. The lowest BCUT2D eigenvalue weighted by atomic mass is 10.1. The zero-order valence-electron chi connectivity index (χ0n) is 9.27. The highest BCUT2D eigenvalue weighted by Gasteiger charge is 2.03. The average molecular weight is 288 g/mol. The van der Waals surface area contributed by atoms with Crippen molar-refractivity contribution in [3.8, 4) is 0 Å². The van der Waals surface area contributed by atoms with Gasteiger partial charge in [0.1, 0.15) is 0 Å². The van der Waals surface area contributed by atoms with Crippen LogP contribution in [0.1, 0.15) is 5.56 Å². The SMILES string of the molecule is OCCN(CCO)CCc1cccc(Br)c1. The van der Waals surface area contributed by atoms with E-state index in [-0.39, 0.29) is 13.2 Å². The molecule has 0 saturated heterocycles. The third-order valence-electron chi connectivity index (χ3n) is 2.44. The summed E-state index contributed by atoms with van der Waals surface area (Å²) in [5.74, 6) is 0. The van der Waals surface area contributed by atoms with E-state index in [9.17, 15) is 0 Å². The molecule has 90 valence electrons. The second-order valence-corrected chi connectivity index (χ2v) is 4.58. The van der Waals surface area contributed by atoms with E-state index in [1.54, 1.807) is 0 Å². The van der Waals surface area contributed by atoms with Crippen molar-refractivity contribution in [3.63, 3.8) is 0 Å². The van der Waals surface area contributed by atoms with Crippen molar-refractivity contribution in [1.29, 1.82) is 0 Å². The summed E-state index contributed by atoms with van der Waals surface area (Å²) < 4.78 is 1.08. The Kier molecular flexibility index (Phi) is 6.64. The van der Waals surface area contributed by atoms with Gasteiger partial charge in [0.25, 0.3) is 0 Å². The van der Waals surface area contributed by atoms with Gasteiger partial charge in [-0.25, -0.2) is 0 Å². The second kappa shape index (κ2) is 7.79. The van der Waals surface area contributed by atoms with Crippen LogP contribution >= 0.6 is 15.9 Å². The lowest BCUT2D eigenvalue weighted by Crippen LogP contribution is -2.31. The molecule has 0 fully saturated rings. The fourth-order valence-electron chi connectivity index (χ4n) is 1.60. The van der Waals surface area contributed by atoms with Gasteiger partial charge in [-0.15, -0.1) is 0 Å². The number of hydrogen-bond acceptors (Lipinski definition) is 3. The molecular weight excluding hydrogens is 270 g/mol. The first kappa shape index (κ1) is 13.6. The smallest absolute Gasteiger partial charge is 0.0558 e. The molecular formula is C12H18BrNO2. The first-order valence-corrected chi connectivity index (χ1v) is 6.24. The van der Waals surface area contributed by atoms with Gasteiger partial charge in [-0.2, -0.15) is 0 Å². The van der Waals surface area contributed by atoms with E-state index in [0.717, 1.165) is 17.4 Å². The number of rotatable bonds is 7. The van der Waals surface area contributed by atoms with Crippen LogP contribution in [0, 0.1) is 0 Å². The summed E-state index contributed by atoms with van der Waals surface area (Å²) in [6.07, 6.45) is 0.930. The Balaban J connectivity index is 2.41. The fourth-order valence-corrected chi connectivity index (χ4v) is 2.04. The van der Waals surface area contributed by atoms with Crippen molar-refractivity contribution >= 4 is 15.9 Å². The quantitative estimate of drug-likeness (QED) is 0.794. The Morgan fingerprint density at radius 1 is 1.06 bits per heavy atom. The van der Waals surface area contributed by atoms with Crippen molar-refractivity contribution in [2.45, 2.75) is 6.42 Å². The Hall–Kier alpha value is -0.420. The predicted octanol–water partition coefficient (Wildman–Crippen LogP) is 1.28. The summed E-state index contributed by atoms with van der Waals surface area (Å²) in [5, 5.41) is 17.7. The van der Waals surface area contributed by atoms with Crippen molar-refractivity contribution < 1.29 is 10.2 Å². The molecule has 0 aromatic heterocycles. The third-order valence-corrected chi connectivity index (χ3v) is 2.93. The summed E-state index contributed by atoms with van der Waals surface area (Å²) in [5.41, 5.74) is 1.26. The van der Waals surface area contributed by atoms with Gasteiger partial charge in [-0.3, -0.25) is 4.90 Å². The van der Waals surface area contributed by atoms with Gasteiger partial charge < -0.3 is 10.2 Å². The molecule has 0 spiro atoms. The van der Waals surface area contributed by atoms with E-state index in [2.05, 4.69) is 33.0 Å². The fraction of sp³-hybridized carbons (Fsp3) is 0.500. The van der Waals surface area contributed by atoms with Gasteiger partial charge in [0.2, 0.25) is 0 Å². The number of aliphatic hydroxyl groups excluding tert-OH is 2. The first-order chi connectivity index (χ1) is 7.76. The minimum atomic E-state index is 0.137. The van der Waals surface area contributed by atoms with Crippen LogP contribution in [0.4, 0.5) is 0 Å². The maximum Gasteiger partial charge on any atom is 0.0558 e. The van der Waals surface area contributed by atoms with Crippen LogP contribution in [0.3, 0.4) is 0 Å². The summed E-state index contributed by atoms with van der Waals surface area (Å²) in [7, 11) is 0. The minimum Gasteiger partial charge on any atom is -0.395 e. The summed E-state index contributed by atoms with van der Waals surface area (Å²) in [4.78, 5) is 2.06. The Morgan fingerprint density at radius 2 is 1.75 bits per heavy atom. The van der Waals surface area contributed by atoms with Crippen LogP contribution in [0.5, 0.6) is 0 Å².